The van der Waals surface area contributed by atoms with E-state index in [-0.39, 0.29) is 6.61 Å². The largest absolute Gasteiger partial charge is 0.486 e. The Labute approximate surface area is 187 Å². The van der Waals surface area contributed by atoms with Crippen molar-refractivity contribution in [3.05, 3.63) is 66.0 Å². The highest BCUT2D eigenvalue weighted by Gasteiger charge is 2.14. The molecule has 0 saturated carbocycles. The van der Waals surface area contributed by atoms with Crippen LogP contribution in [0.5, 0.6) is 11.5 Å². The van der Waals surface area contributed by atoms with Crippen LogP contribution in [0.3, 0.4) is 0 Å². The zero-order chi connectivity index (χ0) is 22.1. The molecule has 0 aliphatic carbocycles. The van der Waals surface area contributed by atoms with Crippen LogP contribution in [-0.4, -0.2) is 27.3 Å². The first-order chi connectivity index (χ1) is 15.0. The number of carbonyl (C=O) groups is 1. The number of rotatable bonds is 12. The average Bonchev–Trinajstić information content (AvgIpc) is 3.16. The van der Waals surface area contributed by atoms with Crippen LogP contribution in [0.4, 0.5) is 0 Å². The summed E-state index contributed by atoms with van der Waals surface area (Å²) < 4.78 is 13.4. The van der Waals surface area contributed by atoms with Gasteiger partial charge in [-0.15, -0.1) is 10.2 Å². The van der Waals surface area contributed by atoms with Gasteiger partial charge < -0.3 is 19.8 Å². The first-order valence-electron chi connectivity index (χ1n) is 10.2. The van der Waals surface area contributed by atoms with E-state index in [9.17, 15) is 4.79 Å². The molecule has 0 atom stereocenters. The third kappa shape index (κ3) is 7.32. The summed E-state index contributed by atoms with van der Waals surface area (Å²) in [6.07, 6.45) is 1.03. The van der Waals surface area contributed by atoms with E-state index in [4.69, 9.17) is 15.2 Å². The number of amides is 1. The van der Waals surface area contributed by atoms with Gasteiger partial charge in [0.05, 0.1) is 0 Å². The number of aromatic nitrogens is 3. The molecule has 0 radical (unpaired) electrons. The number of benzene rings is 2. The fraction of sp³-hybridized carbons (Fsp3) is 0.348. The van der Waals surface area contributed by atoms with Gasteiger partial charge in [0.2, 0.25) is 0 Å². The Morgan fingerprint density at radius 3 is 2.58 bits per heavy atom. The highest BCUT2D eigenvalue weighted by molar-refractivity contribution is 7.98. The van der Waals surface area contributed by atoms with Crippen LogP contribution in [0.25, 0.3) is 0 Å². The van der Waals surface area contributed by atoms with Gasteiger partial charge in [-0.1, -0.05) is 55.9 Å². The zero-order valence-electron chi connectivity index (χ0n) is 17.9. The van der Waals surface area contributed by atoms with E-state index in [0.29, 0.717) is 24.0 Å². The molecule has 0 saturated heterocycles. The molecular weight excluding hydrogens is 412 g/mol. The van der Waals surface area contributed by atoms with Crippen LogP contribution in [0.1, 0.15) is 31.7 Å². The summed E-state index contributed by atoms with van der Waals surface area (Å²) in [6, 6.07) is 17.3. The van der Waals surface area contributed by atoms with Gasteiger partial charge in [0, 0.05) is 12.3 Å². The van der Waals surface area contributed by atoms with E-state index in [2.05, 4.69) is 28.6 Å². The first-order valence-corrected chi connectivity index (χ1v) is 11.2. The second kappa shape index (κ2) is 11.4. The van der Waals surface area contributed by atoms with Crippen LogP contribution in [0, 0.1) is 5.92 Å². The molecule has 2 aromatic carbocycles. The summed E-state index contributed by atoms with van der Waals surface area (Å²) in [5.41, 5.74) is 6.21. The van der Waals surface area contributed by atoms with Crippen molar-refractivity contribution in [2.75, 3.05) is 6.61 Å². The van der Waals surface area contributed by atoms with E-state index in [1.54, 1.807) is 17.8 Å². The predicted molar refractivity (Wildman–Crippen MR) is 121 cm³/mol. The molecule has 1 amide bonds. The zero-order valence-corrected chi connectivity index (χ0v) is 18.7. The van der Waals surface area contributed by atoms with Crippen LogP contribution in [0.2, 0.25) is 0 Å². The Morgan fingerprint density at radius 2 is 1.84 bits per heavy atom. The second-order valence-corrected chi connectivity index (χ2v) is 8.47. The number of hydrogen-bond donors (Lipinski definition) is 1. The monoisotopic (exact) mass is 440 g/mol. The van der Waals surface area contributed by atoms with Crippen LogP contribution >= 0.6 is 11.8 Å². The number of ether oxygens (including phenoxy) is 2. The lowest BCUT2D eigenvalue weighted by atomic mass is 10.1. The SMILES string of the molecule is CC(C)CCn1c(COc2ccccc2)nnc1SCc1cccc(OCC(N)=O)c1. The third-order valence-corrected chi connectivity index (χ3v) is 5.52. The quantitative estimate of drug-likeness (QED) is 0.427. The number of para-hydroxylation sites is 1. The van der Waals surface area contributed by atoms with Crippen LogP contribution in [-0.2, 0) is 23.7 Å². The molecule has 31 heavy (non-hydrogen) atoms. The lowest BCUT2D eigenvalue weighted by Gasteiger charge is -2.12. The van der Waals surface area contributed by atoms with Crippen molar-refractivity contribution < 1.29 is 14.3 Å². The second-order valence-electron chi connectivity index (χ2n) is 7.53. The Hall–Kier alpha value is -3.00. The van der Waals surface area contributed by atoms with Crippen molar-refractivity contribution in [1.82, 2.24) is 14.8 Å². The Morgan fingerprint density at radius 1 is 1.06 bits per heavy atom. The van der Waals surface area contributed by atoms with Crippen LogP contribution < -0.4 is 15.2 Å². The third-order valence-electron chi connectivity index (χ3n) is 4.48. The molecule has 3 rings (SSSR count). The maximum Gasteiger partial charge on any atom is 0.255 e. The molecule has 2 N–H and O–H groups in total. The van der Waals surface area contributed by atoms with Gasteiger partial charge in [-0.25, -0.2) is 0 Å². The van der Waals surface area contributed by atoms with Gasteiger partial charge in [0.15, 0.2) is 17.6 Å². The van der Waals surface area contributed by atoms with Crippen molar-refractivity contribution in [3.8, 4) is 11.5 Å². The van der Waals surface area contributed by atoms with E-state index >= 15 is 0 Å². The molecule has 7 nitrogen and oxygen atoms in total. The topological polar surface area (TPSA) is 92.3 Å². The summed E-state index contributed by atoms with van der Waals surface area (Å²) in [5.74, 6) is 3.02. The van der Waals surface area contributed by atoms with Crippen molar-refractivity contribution in [2.24, 2.45) is 11.7 Å². The molecule has 0 aliphatic heterocycles. The van der Waals surface area contributed by atoms with Gasteiger partial charge in [-0.3, -0.25) is 4.79 Å². The van der Waals surface area contributed by atoms with Crippen molar-refractivity contribution in [2.45, 2.75) is 44.3 Å². The molecule has 0 unspecified atom stereocenters. The Kier molecular flexibility index (Phi) is 8.35. The van der Waals surface area contributed by atoms with Crippen molar-refractivity contribution in [3.63, 3.8) is 0 Å². The van der Waals surface area contributed by atoms with Gasteiger partial charge in [-0.2, -0.15) is 0 Å². The highest BCUT2D eigenvalue weighted by atomic mass is 32.2. The van der Waals surface area contributed by atoms with E-state index in [1.165, 1.54) is 0 Å². The molecule has 8 heteroatoms. The molecule has 1 heterocycles. The van der Waals surface area contributed by atoms with Gasteiger partial charge in [0.25, 0.3) is 5.91 Å². The lowest BCUT2D eigenvalue weighted by Crippen LogP contribution is -2.20. The predicted octanol–water partition coefficient (Wildman–Crippen LogP) is 4.06. The summed E-state index contributed by atoms with van der Waals surface area (Å²) in [7, 11) is 0. The Bertz CT molecular complexity index is 976. The molecule has 0 aliphatic rings. The maximum atomic E-state index is 10.9. The van der Waals surface area contributed by atoms with Crippen LogP contribution in [0.15, 0.2) is 59.8 Å². The van der Waals surface area contributed by atoms with E-state index in [0.717, 1.165) is 35.3 Å². The minimum Gasteiger partial charge on any atom is -0.486 e. The maximum absolute atomic E-state index is 10.9. The normalized spacial score (nSPS) is 10.9. The molecule has 1 aromatic heterocycles. The molecular formula is C23H28N4O3S. The van der Waals surface area contributed by atoms with Crippen molar-refractivity contribution in [1.29, 1.82) is 0 Å². The minimum atomic E-state index is -0.497. The summed E-state index contributed by atoms with van der Waals surface area (Å²) in [4.78, 5) is 10.9. The standard InChI is InChI=1S/C23H28N4O3S/c1-17(2)11-12-27-22(15-30-19-8-4-3-5-9-19)25-26-23(27)31-16-18-7-6-10-20(13-18)29-14-21(24)28/h3-10,13,17H,11-12,14-16H2,1-2H3,(H2,24,28). The first kappa shape index (κ1) is 22.7. The molecule has 164 valence electrons. The number of hydrogen-bond acceptors (Lipinski definition) is 6. The molecule has 0 spiro atoms. The van der Waals surface area contributed by atoms with E-state index < -0.39 is 5.91 Å². The van der Waals surface area contributed by atoms with Crippen molar-refractivity contribution >= 4 is 17.7 Å². The lowest BCUT2D eigenvalue weighted by molar-refractivity contribution is -0.119. The highest BCUT2D eigenvalue weighted by Crippen LogP contribution is 2.25. The molecule has 0 fully saturated rings. The summed E-state index contributed by atoms with van der Waals surface area (Å²) >= 11 is 1.61. The average molecular weight is 441 g/mol. The fourth-order valence-electron chi connectivity index (χ4n) is 2.84. The molecule has 3 aromatic rings. The summed E-state index contributed by atoms with van der Waals surface area (Å²) in [6.45, 7) is 5.48. The number of thioether (sulfide) groups is 1. The smallest absolute Gasteiger partial charge is 0.255 e. The number of nitrogens with zero attached hydrogens (tertiary/aromatic N) is 3. The number of nitrogens with two attached hydrogens (primary N) is 1. The van der Waals surface area contributed by atoms with Gasteiger partial charge in [0.1, 0.15) is 18.1 Å². The van der Waals surface area contributed by atoms with E-state index in [1.807, 2.05) is 48.5 Å². The summed E-state index contributed by atoms with van der Waals surface area (Å²) in [5, 5.41) is 9.64. The molecule has 0 bridgehead atoms. The minimum absolute atomic E-state index is 0.134. The Balaban J connectivity index is 1.67. The number of carbonyl (C=O) groups excluding carboxylic acids is 1. The van der Waals surface area contributed by atoms with Gasteiger partial charge >= 0.3 is 0 Å². The van der Waals surface area contributed by atoms with Gasteiger partial charge in [-0.05, 0) is 42.2 Å². The fourth-order valence-corrected chi connectivity index (χ4v) is 3.76. The number of primary amides is 1.